The van der Waals surface area contributed by atoms with Gasteiger partial charge in [0.25, 0.3) is 0 Å². The maximum atomic E-state index is 5.78. The van der Waals surface area contributed by atoms with Crippen molar-refractivity contribution in [2.75, 3.05) is 6.61 Å². The Morgan fingerprint density at radius 2 is 2.05 bits per heavy atom. The number of rotatable bonds is 6. The van der Waals surface area contributed by atoms with Crippen LogP contribution in [0.1, 0.15) is 38.3 Å². The molecule has 1 fully saturated rings. The highest BCUT2D eigenvalue weighted by Gasteiger charge is 2.20. The number of allylic oxidation sites excluding steroid dienone is 2. The highest BCUT2D eigenvalue weighted by atomic mass is 16.5. The van der Waals surface area contributed by atoms with Crippen LogP contribution < -0.4 is 10.1 Å². The minimum atomic E-state index is 0.595. The highest BCUT2D eigenvalue weighted by molar-refractivity contribution is 5.08. The Morgan fingerprint density at radius 3 is 2.75 bits per heavy atom. The highest BCUT2D eigenvalue weighted by Crippen LogP contribution is 2.25. The normalized spacial score (nSPS) is 25.6. The topological polar surface area (TPSA) is 47.0 Å². The number of aromatic nitrogens is 2. The zero-order valence-electron chi connectivity index (χ0n) is 12.1. The molecule has 2 aliphatic carbocycles. The lowest BCUT2D eigenvalue weighted by atomic mass is 9.85. The van der Waals surface area contributed by atoms with Gasteiger partial charge in [-0.15, -0.1) is 0 Å². The Kier molecular flexibility index (Phi) is 4.31. The smallest absolute Gasteiger partial charge is 0.232 e. The molecule has 0 amide bonds. The van der Waals surface area contributed by atoms with Crippen molar-refractivity contribution in [2.24, 2.45) is 11.8 Å². The summed E-state index contributed by atoms with van der Waals surface area (Å²) in [6.45, 7) is 3.83. The molecule has 0 aromatic carbocycles. The number of ether oxygens (including phenoxy) is 1. The van der Waals surface area contributed by atoms with Gasteiger partial charge in [0.05, 0.1) is 24.7 Å². The van der Waals surface area contributed by atoms with Gasteiger partial charge in [0, 0.05) is 12.6 Å². The van der Waals surface area contributed by atoms with Gasteiger partial charge < -0.3 is 10.1 Å². The van der Waals surface area contributed by atoms with Gasteiger partial charge in [0.2, 0.25) is 5.88 Å². The molecular weight excluding hydrogens is 250 g/mol. The molecule has 4 nitrogen and oxygen atoms in total. The van der Waals surface area contributed by atoms with E-state index < -0.39 is 0 Å². The third kappa shape index (κ3) is 3.79. The van der Waals surface area contributed by atoms with Crippen LogP contribution in [-0.2, 0) is 6.54 Å². The molecule has 2 aliphatic rings. The molecule has 0 bridgehead atoms. The minimum absolute atomic E-state index is 0.595. The molecule has 1 saturated carbocycles. The van der Waals surface area contributed by atoms with Gasteiger partial charge >= 0.3 is 0 Å². The average molecular weight is 273 g/mol. The summed E-state index contributed by atoms with van der Waals surface area (Å²) in [5, 5.41) is 3.43. The molecule has 3 rings (SSSR count). The summed E-state index contributed by atoms with van der Waals surface area (Å²) in [5.74, 6) is 1.93. The van der Waals surface area contributed by atoms with Crippen molar-refractivity contribution in [2.45, 2.75) is 45.2 Å². The van der Waals surface area contributed by atoms with E-state index in [9.17, 15) is 0 Å². The first-order valence-electron chi connectivity index (χ1n) is 7.63. The molecule has 0 aliphatic heterocycles. The van der Waals surface area contributed by atoms with E-state index in [1.54, 1.807) is 6.20 Å². The van der Waals surface area contributed by atoms with Crippen LogP contribution >= 0.6 is 0 Å². The summed E-state index contributed by atoms with van der Waals surface area (Å²) in [6.07, 6.45) is 12.9. The Morgan fingerprint density at radius 1 is 1.20 bits per heavy atom. The summed E-state index contributed by atoms with van der Waals surface area (Å²) in [5.41, 5.74) is 0.984. The molecule has 108 valence electrons. The van der Waals surface area contributed by atoms with Gasteiger partial charge in [-0.05, 0) is 37.5 Å². The van der Waals surface area contributed by atoms with Crippen LogP contribution in [0, 0.1) is 11.8 Å². The van der Waals surface area contributed by atoms with Crippen molar-refractivity contribution in [1.82, 2.24) is 15.3 Å². The number of hydrogen-bond acceptors (Lipinski definition) is 4. The van der Waals surface area contributed by atoms with E-state index in [-0.39, 0.29) is 0 Å². The van der Waals surface area contributed by atoms with E-state index in [0.717, 1.165) is 31.7 Å². The SMILES string of the molecule is CC1CC=CCC1COc1cnc(CNC2CC2)cn1. The second-order valence-corrected chi connectivity index (χ2v) is 5.99. The number of nitrogens with zero attached hydrogens (tertiary/aromatic N) is 2. The predicted octanol–water partition coefficient (Wildman–Crippen LogP) is 2.71. The third-order valence-corrected chi connectivity index (χ3v) is 4.19. The van der Waals surface area contributed by atoms with E-state index in [1.165, 1.54) is 12.8 Å². The monoisotopic (exact) mass is 273 g/mol. The maximum Gasteiger partial charge on any atom is 0.232 e. The fraction of sp³-hybridized carbons (Fsp3) is 0.625. The average Bonchev–Trinajstić information content (AvgIpc) is 3.30. The first kappa shape index (κ1) is 13.6. The molecule has 1 N–H and O–H groups in total. The summed E-state index contributed by atoms with van der Waals surface area (Å²) >= 11 is 0. The lowest BCUT2D eigenvalue weighted by Gasteiger charge is -2.24. The fourth-order valence-corrected chi connectivity index (χ4v) is 2.48. The quantitative estimate of drug-likeness (QED) is 0.810. The van der Waals surface area contributed by atoms with Crippen molar-refractivity contribution in [3.63, 3.8) is 0 Å². The van der Waals surface area contributed by atoms with Crippen molar-refractivity contribution in [3.05, 3.63) is 30.2 Å². The summed E-state index contributed by atoms with van der Waals surface area (Å²) < 4.78 is 5.78. The number of hydrogen-bond donors (Lipinski definition) is 1. The summed E-state index contributed by atoms with van der Waals surface area (Å²) in [7, 11) is 0. The van der Waals surface area contributed by atoms with E-state index in [0.29, 0.717) is 23.8 Å². The molecular formula is C16H23N3O. The molecule has 1 heterocycles. The van der Waals surface area contributed by atoms with E-state index in [4.69, 9.17) is 4.74 Å². The first-order valence-corrected chi connectivity index (χ1v) is 7.63. The minimum Gasteiger partial charge on any atom is -0.476 e. The van der Waals surface area contributed by atoms with Gasteiger partial charge in [-0.2, -0.15) is 0 Å². The number of nitrogens with one attached hydrogen (secondary N) is 1. The van der Waals surface area contributed by atoms with Crippen LogP contribution in [0.3, 0.4) is 0 Å². The van der Waals surface area contributed by atoms with Gasteiger partial charge in [-0.25, -0.2) is 4.98 Å². The van der Waals surface area contributed by atoms with Gasteiger partial charge in [0.1, 0.15) is 0 Å². The molecule has 1 aromatic heterocycles. The van der Waals surface area contributed by atoms with E-state index in [1.807, 2.05) is 6.20 Å². The lowest BCUT2D eigenvalue weighted by Crippen LogP contribution is -2.21. The molecule has 1 aromatic rings. The van der Waals surface area contributed by atoms with Crippen molar-refractivity contribution in [1.29, 1.82) is 0 Å². The van der Waals surface area contributed by atoms with Gasteiger partial charge in [0.15, 0.2) is 0 Å². The zero-order chi connectivity index (χ0) is 13.8. The molecule has 2 unspecified atom stereocenters. The fourth-order valence-electron chi connectivity index (χ4n) is 2.48. The molecule has 0 saturated heterocycles. The van der Waals surface area contributed by atoms with Gasteiger partial charge in [-0.3, -0.25) is 4.98 Å². The molecule has 20 heavy (non-hydrogen) atoms. The molecule has 4 heteroatoms. The summed E-state index contributed by atoms with van der Waals surface area (Å²) in [6, 6.07) is 0.702. The van der Waals surface area contributed by atoms with Crippen LogP contribution in [0.15, 0.2) is 24.5 Å². The first-order chi connectivity index (χ1) is 9.81. The van der Waals surface area contributed by atoms with E-state index >= 15 is 0 Å². The standard InChI is InChI=1S/C16H23N3O/c1-12-4-2-3-5-13(12)11-20-16-10-18-15(9-19-16)8-17-14-6-7-14/h2-3,9-10,12-14,17H,4-8,11H2,1H3. The van der Waals surface area contributed by atoms with E-state index in [2.05, 4.69) is 34.4 Å². The van der Waals surface area contributed by atoms with Crippen LogP contribution in [0.4, 0.5) is 0 Å². The largest absolute Gasteiger partial charge is 0.476 e. The lowest BCUT2D eigenvalue weighted by molar-refractivity contribution is 0.192. The molecule has 0 radical (unpaired) electrons. The second-order valence-electron chi connectivity index (χ2n) is 5.99. The van der Waals surface area contributed by atoms with Gasteiger partial charge in [-0.1, -0.05) is 19.1 Å². The Balaban J connectivity index is 1.46. The third-order valence-electron chi connectivity index (χ3n) is 4.19. The Hall–Kier alpha value is -1.42. The van der Waals surface area contributed by atoms with Crippen molar-refractivity contribution < 1.29 is 4.74 Å². The predicted molar refractivity (Wildman–Crippen MR) is 78.4 cm³/mol. The Labute approximate surface area is 120 Å². The summed E-state index contributed by atoms with van der Waals surface area (Å²) in [4.78, 5) is 8.74. The van der Waals surface area contributed by atoms with Crippen LogP contribution in [0.25, 0.3) is 0 Å². The van der Waals surface area contributed by atoms with Crippen molar-refractivity contribution in [3.8, 4) is 5.88 Å². The maximum absolute atomic E-state index is 5.78. The van der Waals surface area contributed by atoms with Crippen molar-refractivity contribution >= 4 is 0 Å². The van der Waals surface area contributed by atoms with Crippen LogP contribution in [0.2, 0.25) is 0 Å². The Bertz CT molecular complexity index is 453. The van der Waals surface area contributed by atoms with Crippen LogP contribution in [0.5, 0.6) is 5.88 Å². The molecule has 0 spiro atoms. The molecule has 2 atom stereocenters. The zero-order valence-corrected chi connectivity index (χ0v) is 12.1. The second kappa shape index (κ2) is 6.35. The van der Waals surface area contributed by atoms with Crippen LogP contribution in [-0.4, -0.2) is 22.6 Å².